The third-order valence-corrected chi connectivity index (χ3v) is 0.696. The Kier molecular flexibility index (Phi) is 14.6. The van der Waals surface area contributed by atoms with E-state index < -0.39 is 0 Å². The number of hydrogen-bond donors (Lipinski definition) is 0. The maximum atomic E-state index is 10.3. The fourth-order valence-electron chi connectivity index (χ4n) is 0.575. The molecule has 0 aliphatic heterocycles. The zero-order chi connectivity index (χ0) is 5.86. The number of carbonyl (C=O) groups excluding carboxylic acids is 1. The van der Waals surface area contributed by atoms with Gasteiger partial charge in [0.15, 0.2) is 17.4 Å². The lowest BCUT2D eigenvalue weighted by Gasteiger charge is -1.95. The smallest absolute Gasteiger partial charge is 0.187 e. The lowest BCUT2D eigenvalue weighted by atomic mass is 10.1. The predicted molar refractivity (Wildman–Crippen MR) is 43.7 cm³/mol. The Labute approximate surface area is 67.1 Å². The van der Waals surface area contributed by atoms with E-state index in [0.717, 1.165) is 6.42 Å². The van der Waals surface area contributed by atoms with Crippen LogP contribution in [0.4, 0.5) is 0 Å². The van der Waals surface area contributed by atoms with Gasteiger partial charge >= 0.3 is 0 Å². The zero-order valence-electron chi connectivity index (χ0n) is 5.69. The molecule has 9 heavy (non-hydrogen) atoms. The fourth-order valence-corrected chi connectivity index (χ4v) is 0.575. The van der Waals surface area contributed by atoms with Crippen molar-refractivity contribution < 1.29 is 10.3 Å². The Morgan fingerprint density at radius 1 is 1.44 bits per heavy atom. The number of hydrogen-bond acceptors (Lipinski definition) is 1. The van der Waals surface area contributed by atoms with Gasteiger partial charge in [0.05, 0.1) is 0 Å². The summed E-state index contributed by atoms with van der Waals surface area (Å²) in [7, 11) is 0. The van der Waals surface area contributed by atoms with Gasteiger partial charge in [-0.15, -0.1) is 0 Å². The highest BCUT2D eigenvalue weighted by Gasteiger charge is 1.95. The van der Waals surface area contributed by atoms with Gasteiger partial charge in [0, 0.05) is 6.42 Å². The first-order valence-electron chi connectivity index (χ1n) is 2.62. The van der Waals surface area contributed by atoms with Crippen molar-refractivity contribution in [1.82, 2.24) is 0 Å². The molecular weight excluding hydrogens is 131 g/mol. The van der Waals surface area contributed by atoms with Crippen molar-refractivity contribution in [2.75, 3.05) is 0 Å². The average molecular weight is 148 g/mol. The van der Waals surface area contributed by atoms with Crippen LogP contribution in [0.1, 0.15) is 27.2 Å². The minimum Gasteiger partial charge on any atom is -0.412 e. The van der Waals surface area contributed by atoms with Crippen LogP contribution < -0.4 is 0 Å². The van der Waals surface area contributed by atoms with E-state index >= 15 is 0 Å². The molecule has 0 saturated carbocycles. The Hall–Kier alpha value is 0.162. The van der Waals surface area contributed by atoms with Gasteiger partial charge in [-0.05, 0) is 12.8 Å². The Morgan fingerprint density at radius 3 is 1.78 bits per heavy atom. The first-order valence-corrected chi connectivity index (χ1v) is 2.62. The Balaban J connectivity index is -0.000000180. The molecule has 0 aliphatic rings. The third-order valence-electron chi connectivity index (χ3n) is 0.696. The van der Waals surface area contributed by atoms with Crippen molar-refractivity contribution in [3.63, 3.8) is 0 Å². The van der Waals surface area contributed by atoms with E-state index in [-0.39, 0.29) is 28.6 Å². The van der Waals surface area contributed by atoms with Gasteiger partial charge in [0.25, 0.3) is 0 Å². The minimum atomic E-state index is 0. The number of rotatable bonds is 2. The van der Waals surface area contributed by atoms with Crippen LogP contribution in [0.5, 0.6) is 0 Å². The normalized spacial score (nSPS) is 7.56. The topological polar surface area (TPSA) is 48.6 Å². The van der Waals surface area contributed by atoms with Gasteiger partial charge in [-0.25, -0.2) is 0 Å². The van der Waals surface area contributed by atoms with Crippen molar-refractivity contribution in [3.8, 4) is 0 Å². The van der Waals surface area contributed by atoms with Crippen LogP contribution in [0, 0.1) is 5.92 Å². The van der Waals surface area contributed by atoms with E-state index in [1.54, 1.807) is 6.92 Å². The highest BCUT2D eigenvalue weighted by molar-refractivity contribution is 5.75. The summed E-state index contributed by atoms with van der Waals surface area (Å²) in [6, 6.07) is 0. The van der Waals surface area contributed by atoms with Crippen molar-refractivity contribution in [2.24, 2.45) is 5.92 Å². The molecule has 0 amide bonds. The Bertz CT molecular complexity index is 71.5. The van der Waals surface area contributed by atoms with Crippen LogP contribution in [-0.2, 0) is 4.79 Å². The average Bonchev–Trinajstić information content (AvgIpc) is 1.27. The molecular formula is C6H17AlO2. The molecule has 0 rings (SSSR count). The van der Waals surface area contributed by atoms with E-state index in [2.05, 4.69) is 0 Å². The lowest BCUT2D eigenvalue weighted by Crippen LogP contribution is -1.95. The first-order chi connectivity index (χ1) is 3.13. The molecule has 0 unspecified atom stereocenters. The van der Waals surface area contributed by atoms with Crippen LogP contribution in [0.3, 0.4) is 0 Å². The molecule has 3 heteroatoms. The summed E-state index contributed by atoms with van der Waals surface area (Å²) >= 11 is 0. The van der Waals surface area contributed by atoms with Gasteiger partial charge in [0.1, 0.15) is 5.78 Å². The van der Waals surface area contributed by atoms with Gasteiger partial charge in [-0.1, -0.05) is 13.8 Å². The quantitative estimate of drug-likeness (QED) is 0.492. The molecule has 0 aromatic rings. The standard InChI is InChI=1S/C6H12O.Al.H2O.3H/c1-5(2)4-6(3)7;;;;;/h5H,4H2,1-3H3;;1H2;;;. The molecule has 0 fully saturated rings. The van der Waals surface area contributed by atoms with Crippen LogP contribution >= 0.6 is 0 Å². The summed E-state index contributed by atoms with van der Waals surface area (Å²) in [5.41, 5.74) is 0. The molecule has 0 aliphatic carbocycles. The highest BCUT2D eigenvalue weighted by atomic mass is 27.0. The van der Waals surface area contributed by atoms with Crippen molar-refractivity contribution >= 4 is 23.1 Å². The molecule has 56 valence electrons. The van der Waals surface area contributed by atoms with E-state index in [1.807, 2.05) is 13.8 Å². The number of ketones is 1. The van der Waals surface area contributed by atoms with Crippen LogP contribution in [-0.4, -0.2) is 28.6 Å². The summed E-state index contributed by atoms with van der Waals surface area (Å²) in [6.07, 6.45) is 0.722. The van der Waals surface area contributed by atoms with E-state index in [4.69, 9.17) is 0 Å². The van der Waals surface area contributed by atoms with Crippen molar-refractivity contribution in [2.45, 2.75) is 27.2 Å². The second-order valence-electron chi connectivity index (χ2n) is 2.30. The summed E-state index contributed by atoms with van der Waals surface area (Å²) in [6.45, 7) is 5.71. The molecule has 0 saturated heterocycles. The maximum Gasteiger partial charge on any atom is 0.187 e. The number of Topliss-reactive ketones (excluding diaryl/α,β-unsaturated/α-hetero) is 1. The minimum absolute atomic E-state index is 0. The molecule has 2 nitrogen and oxygen atoms in total. The maximum absolute atomic E-state index is 10.3. The Morgan fingerprint density at radius 2 is 1.78 bits per heavy atom. The second-order valence-corrected chi connectivity index (χ2v) is 2.30. The molecule has 0 aromatic carbocycles. The molecule has 0 aromatic heterocycles. The highest BCUT2D eigenvalue weighted by Crippen LogP contribution is 1.97. The van der Waals surface area contributed by atoms with Crippen LogP contribution in [0.15, 0.2) is 0 Å². The molecule has 2 N–H and O–H groups in total. The molecule has 0 heterocycles. The van der Waals surface area contributed by atoms with Crippen LogP contribution in [0.25, 0.3) is 0 Å². The summed E-state index contributed by atoms with van der Waals surface area (Å²) in [5.74, 6) is 0.813. The zero-order valence-corrected chi connectivity index (χ0v) is 5.69. The summed E-state index contributed by atoms with van der Waals surface area (Å²) < 4.78 is 0. The SMILES string of the molecule is CC(=O)CC(C)C.O.[AlH3]. The van der Waals surface area contributed by atoms with Crippen LogP contribution in [0.2, 0.25) is 0 Å². The molecule has 0 atom stereocenters. The van der Waals surface area contributed by atoms with Gasteiger partial charge in [0.2, 0.25) is 0 Å². The fraction of sp³-hybridized carbons (Fsp3) is 0.833. The van der Waals surface area contributed by atoms with E-state index in [9.17, 15) is 4.79 Å². The van der Waals surface area contributed by atoms with Gasteiger partial charge in [-0.3, -0.25) is 0 Å². The monoisotopic (exact) mass is 148 g/mol. The number of carbonyl (C=O) groups is 1. The molecule has 0 radical (unpaired) electrons. The molecule has 0 bridgehead atoms. The second kappa shape index (κ2) is 8.16. The third kappa shape index (κ3) is 17.9. The first kappa shape index (κ1) is 16.1. The summed E-state index contributed by atoms with van der Waals surface area (Å²) in [4.78, 5) is 10.3. The predicted octanol–water partition coefficient (Wildman–Crippen LogP) is -0.387. The largest absolute Gasteiger partial charge is 0.412 e. The van der Waals surface area contributed by atoms with Gasteiger partial charge in [-0.2, -0.15) is 0 Å². The lowest BCUT2D eigenvalue weighted by molar-refractivity contribution is -0.117. The van der Waals surface area contributed by atoms with E-state index in [0.29, 0.717) is 5.92 Å². The van der Waals surface area contributed by atoms with Crippen molar-refractivity contribution in [1.29, 1.82) is 0 Å². The van der Waals surface area contributed by atoms with Gasteiger partial charge < -0.3 is 10.3 Å². The van der Waals surface area contributed by atoms with E-state index in [1.165, 1.54) is 0 Å². The van der Waals surface area contributed by atoms with Crippen molar-refractivity contribution in [3.05, 3.63) is 0 Å². The summed E-state index contributed by atoms with van der Waals surface area (Å²) in [5, 5.41) is 0. The molecule has 0 spiro atoms.